The molecule has 24 heavy (non-hydrogen) atoms. The molecule has 7 heteroatoms. The van der Waals surface area contributed by atoms with Crippen LogP contribution in [0.3, 0.4) is 0 Å². The van der Waals surface area contributed by atoms with Gasteiger partial charge in [0.25, 0.3) is 11.5 Å². The van der Waals surface area contributed by atoms with Gasteiger partial charge in [-0.05, 0) is 44.6 Å². The van der Waals surface area contributed by atoms with E-state index in [9.17, 15) is 9.59 Å². The number of nitrogens with zero attached hydrogens (tertiary/aromatic N) is 3. The number of aromatic amines is 1. The van der Waals surface area contributed by atoms with Crippen LogP contribution in [-0.4, -0.2) is 31.7 Å². The molecule has 0 atom stereocenters. The van der Waals surface area contributed by atoms with E-state index in [1.54, 1.807) is 10.7 Å². The second kappa shape index (κ2) is 6.22. The van der Waals surface area contributed by atoms with E-state index in [0.29, 0.717) is 11.6 Å². The van der Waals surface area contributed by atoms with Crippen molar-refractivity contribution in [3.8, 4) is 0 Å². The maximum Gasteiger partial charge on any atom is 0.269 e. The molecule has 0 radical (unpaired) electrons. The van der Waals surface area contributed by atoms with Gasteiger partial charge in [-0.1, -0.05) is 0 Å². The maximum absolute atomic E-state index is 12.1. The lowest BCUT2D eigenvalue weighted by Gasteiger charge is -2.29. The van der Waals surface area contributed by atoms with Gasteiger partial charge < -0.3 is 10.3 Å². The highest BCUT2D eigenvalue weighted by Gasteiger charge is 2.28. The van der Waals surface area contributed by atoms with E-state index in [1.165, 1.54) is 25.4 Å². The van der Waals surface area contributed by atoms with E-state index in [0.717, 1.165) is 31.4 Å². The SMILES string of the molecule is O=C(NC1CCC(n2nc(C3CC3)ccc2=O)CC1)c1cnc[nH]1. The van der Waals surface area contributed by atoms with Crippen LogP contribution in [0.5, 0.6) is 0 Å². The van der Waals surface area contributed by atoms with Gasteiger partial charge in [0.2, 0.25) is 0 Å². The van der Waals surface area contributed by atoms with Gasteiger partial charge in [0.05, 0.1) is 24.3 Å². The zero-order valence-corrected chi connectivity index (χ0v) is 13.4. The average Bonchev–Trinajstić information content (AvgIpc) is 3.30. The molecule has 2 N–H and O–H groups in total. The van der Waals surface area contributed by atoms with Crippen LogP contribution >= 0.6 is 0 Å². The molecule has 7 nitrogen and oxygen atoms in total. The van der Waals surface area contributed by atoms with Crippen LogP contribution in [0, 0.1) is 0 Å². The number of carbonyl (C=O) groups is 1. The highest BCUT2D eigenvalue weighted by Crippen LogP contribution is 2.38. The van der Waals surface area contributed by atoms with E-state index in [4.69, 9.17) is 0 Å². The number of nitrogens with one attached hydrogen (secondary N) is 2. The summed E-state index contributed by atoms with van der Waals surface area (Å²) >= 11 is 0. The summed E-state index contributed by atoms with van der Waals surface area (Å²) in [6.45, 7) is 0. The van der Waals surface area contributed by atoms with Gasteiger partial charge in [0.15, 0.2) is 0 Å². The normalized spacial score (nSPS) is 23.8. The number of amides is 1. The van der Waals surface area contributed by atoms with Crippen LogP contribution in [0.1, 0.15) is 66.7 Å². The number of imidazole rings is 1. The summed E-state index contributed by atoms with van der Waals surface area (Å²) in [5, 5.41) is 7.62. The molecule has 2 heterocycles. The average molecular weight is 327 g/mol. The molecular weight excluding hydrogens is 306 g/mol. The fourth-order valence-electron chi connectivity index (χ4n) is 3.41. The minimum atomic E-state index is -0.123. The number of rotatable bonds is 4. The summed E-state index contributed by atoms with van der Waals surface area (Å²) in [5.41, 5.74) is 1.50. The Kier molecular flexibility index (Phi) is 3.92. The molecule has 2 aliphatic carbocycles. The van der Waals surface area contributed by atoms with Crippen molar-refractivity contribution in [1.82, 2.24) is 25.1 Å². The van der Waals surface area contributed by atoms with Crippen molar-refractivity contribution in [2.45, 2.75) is 56.5 Å². The quantitative estimate of drug-likeness (QED) is 0.895. The Morgan fingerprint density at radius 1 is 1.17 bits per heavy atom. The predicted octanol–water partition coefficient (Wildman–Crippen LogP) is 1.76. The molecule has 0 saturated heterocycles. The Balaban J connectivity index is 1.38. The molecular formula is C17H21N5O2. The van der Waals surface area contributed by atoms with Crippen LogP contribution in [0.15, 0.2) is 29.5 Å². The maximum atomic E-state index is 12.1. The van der Waals surface area contributed by atoms with Crippen LogP contribution in [0.25, 0.3) is 0 Å². The second-order valence-electron chi connectivity index (χ2n) is 6.76. The van der Waals surface area contributed by atoms with Crippen molar-refractivity contribution in [3.05, 3.63) is 46.4 Å². The monoisotopic (exact) mass is 327 g/mol. The fourth-order valence-corrected chi connectivity index (χ4v) is 3.41. The summed E-state index contributed by atoms with van der Waals surface area (Å²) in [6.07, 6.45) is 8.79. The topological polar surface area (TPSA) is 92.7 Å². The van der Waals surface area contributed by atoms with E-state index in [-0.39, 0.29) is 23.6 Å². The van der Waals surface area contributed by atoms with Crippen molar-refractivity contribution in [1.29, 1.82) is 0 Å². The highest BCUT2D eigenvalue weighted by molar-refractivity contribution is 5.92. The van der Waals surface area contributed by atoms with Crippen molar-refractivity contribution < 1.29 is 4.79 Å². The molecule has 0 bridgehead atoms. The highest BCUT2D eigenvalue weighted by atomic mass is 16.2. The van der Waals surface area contributed by atoms with E-state index < -0.39 is 0 Å². The van der Waals surface area contributed by atoms with E-state index in [1.807, 2.05) is 6.07 Å². The number of H-pyrrole nitrogens is 1. The van der Waals surface area contributed by atoms with Gasteiger partial charge in [-0.2, -0.15) is 5.10 Å². The Morgan fingerprint density at radius 2 is 1.96 bits per heavy atom. The second-order valence-corrected chi connectivity index (χ2v) is 6.76. The minimum Gasteiger partial charge on any atom is -0.348 e. The van der Waals surface area contributed by atoms with Crippen molar-refractivity contribution in [2.75, 3.05) is 0 Å². The molecule has 4 rings (SSSR count). The molecule has 2 aromatic heterocycles. The summed E-state index contributed by atoms with van der Waals surface area (Å²) in [4.78, 5) is 30.9. The van der Waals surface area contributed by atoms with Gasteiger partial charge in [-0.3, -0.25) is 9.59 Å². The Hall–Kier alpha value is -2.44. The molecule has 2 fully saturated rings. The first-order valence-electron chi connectivity index (χ1n) is 8.59. The minimum absolute atomic E-state index is 0.0238. The standard InChI is InChI=1S/C17H21N5O2/c23-16-8-7-14(11-1-2-11)21-22(16)13-5-3-12(4-6-13)20-17(24)15-9-18-10-19-15/h7-13H,1-6H2,(H,18,19)(H,20,24). The molecule has 1 amide bonds. The van der Waals surface area contributed by atoms with E-state index in [2.05, 4.69) is 20.4 Å². The number of hydrogen-bond donors (Lipinski definition) is 2. The Morgan fingerprint density at radius 3 is 2.62 bits per heavy atom. The lowest BCUT2D eigenvalue weighted by molar-refractivity contribution is 0.0916. The molecule has 126 valence electrons. The van der Waals surface area contributed by atoms with Crippen molar-refractivity contribution in [2.24, 2.45) is 0 Å². The van der Waals surface area contributed by atoms with Gasteiger partial charge in [-0.25, -0.2) is 9.67 Å². The van der Waals surface area contributed by atoms with Crippen LogP contribution in [-0.2, 0) is 0 Å². The third kappa shape index (κ3) is 3.11. The molecule has 0 aliphatic heterocycles. The lowest BCUT2D eigenvalue weighted by atomic mass is 9.91. The number of hydrogen-bond acceptors (Lipinski definition) is 4. The van der Waals surface area contributed by atoms with Crippen molar-refractivity contribution >= 4 is 5.91 Å². The zero-order chi connectivity index (χ0) is 16.5. The van der Waals surface area contributed by atoms with E-state index >= 15 is 0 Å². The predicted molar refractivity (Wildman–Crippen MR) is 87.8 cm³/mol. The summed E-state index contributed by atoms with van der Waals surface area (Å²) in [6, 6.07) is 3.79. The first kappa shape index (κ1) is 15.1. The zero-order valence-electron chi connectivity index (χ0n) is 13.4. The number of carbonyl (C=O) groups excluding carboxylic acids is 1. The van der Waals surface area contributed by atoms with Crippen LogP contribution in [0.2, 0.25) is 0 Å². The molecule has 0 aromatic carbocycles. The van der Waals surface area contributed by atoms with Crippen LogP contribution < -0.4 is 10.9 Å². The van der Waals surface area contributed by atoms with Gasteiger partial charge in [0.1, 0.15) is 5.69 Å². The molecule has 2 aliphatic rings. The largest absolute Gasteiger partial charge is 0.348 e. The smallest absolute Gasteiger partial charge is 0.269 e. The van der Waals surface area contributed by atoms with Gasteiger partial charge in [-0.15, -0.1) is 0 Å². The summed E-state index contributed by atoms with van der Waals surface area (Å²) in [5.74, 6) is 0.420. The third-order valence-corrected chi connectivity index (χ3v) is 4.96. The molecule has 2 aromatic rings. The molecule has 0 unspecified atom stereocenters. The summed E-state index contributed by atoms with van der Waals surface area (Å²) < 4.78 is 1.67. The molecule has 0 spiro atoms. The first-order chi connectivity index (χ1) is 11.7. The van der Waals surface area contributed by atoms with Crippen LogP contribution in [0.4, 0.5) is 0 Å². The van der Waals surface area contributed by atoms with Gasteiger partial charge >= 0.3 is 0 Å². The van der Waals surface area contributed by atoms with Crippen molar-refractivity contribution in [3.63, 3.8) is 0 Å². The summed E-state index contributed by atoms with van der Waals surface area (Å²) in [7, 11) is 0. The lowest BCUT2D eigenvalue weighted by Crippen LogP contribution is -2.39. The first-order valence-corrected chi connectivity index (χ1v) is 8.59. The Labute approximate surface area is 139 Å². The Bertz CT molecular complexity index is 771. The fraction of sp³-hybridized carbons (Fsp3) is 0.529. The third-order valence-electron chi connectivity index (χ3n) is 4.96. The van der Waals surface area contributed by atoms with Gasteiger partial charge in [0, 0.05) is 18.0 Å². The number of aromatic nitrogens is 4. The molecule has 2 saturated carbocycles.